The number of hydrogen-bond donors (Lipinski definition) is 1. The van der Waals surface area contributed by atoms with E-state index < -0.39 is 0 Å². The Morgan fingerprint density at radius 1 is 1.08 bits per heavy atom. The van der Waals surface area contributed by atoms with Crippen molar-refractivity contribution in [2.24, 2.45) is 0 Å². The van der Waals surface area contributed by atoms with E-state index in [1.54, 1.807) is 33.5 Å². The Kier molecular flexibility index (Phi) is 5.04. The van der Waals surface area contributed by atoms with E-state index in [1.807, 2.05) is 24.3 Å². The third-order valence-corrected chi connectivity index (χ3v) is 4.58. The fraction of sp³-hybridized carbons (Fsp3) is 0.222. The molecule has 0 aliphatic carbocycles. The van der Waals surface area contributed by atoms with E-state index in [4.69, 9.17) is 14.2 Å². The number of carbonyl (C=O) groups excluding carboxylic acids is 1. The molecule has 0 aliphatic heterocycles. The first-order valence-corrected chi connectivity index (χ1v) is 8.40. The SMILES string of the molecule is COc1cc(CC(=O)Nc2nc3ccccc3s2)cc(OC)c1OC. The van der Waals surface area contributed by atoms with Gasteiger partial charge in [-0.2, -0.15) is 0 Å². The second kappa shape index (κ2) is 7.40. The first kappa shape index (κ1) is 17.0. The molecule has 1 N–H and O–H groups in total. The van der Waals surface area contributed by atoms with Gasteiger partial charge < -0.3 is 19.5 Å². The van der Waals surface area contributed by atoms with Crippen molar-refractivity contribution in [3.05, 3.63) is 42.0 Å². The number of hydrogen-bond acceptors (Lipinski definition) is 6. The maximum Gasteiger partial charge on any atom is 0.230 e. The fourth-order valence-corrected chi connectivity index (χ4v) is 3.39. The van der Waals surface area contributed by atoms with Crippen LogP contribution in [0.15, 0.2) is 36.4 Å². The molecule has 1 aromatic heterocycles. The van der Waals surface area contributed by atoms with Gasteiger partial charge in [-0.25, -0.2) is 4.98 Å². The third-order valence-electron chi connectivity index (χ3n) is 3.63. The minimum atomic E-state index is -0.159. The average Bonchev–Trinajstić information content (AvgIpc) is 3.02. The van der Waals surface area contributed by atoms with Crippen molar-refractivity contribution in [2.75, 3.05) is 26.6 Å². The molecule has 0 fully saturated rings. The molecule has 0 radical (unpaired) electrons. The number of methoxy groups -OCH3 is 3. The standard InChI is InChI=1S/C18H18N2O4S/c1-22-13-8-11(9-14(23-2)17(13)24-3)10-16(21)20-18-19-12-6-4-5-7-15(12)25-18/h4-9H,10H2,1-3H3,(H,19,20,21). The lowest BCUT2D eigenvalue weighted by atomic mass is 10.1. The summed E-state index contributed by atoms with van der Waals surface area (Å²) in [5.41, 5.74) is 1.63. The number of nitrogens with one attached hydrogen (secondary N) is 1. The number of para-hydroxylation sites is 1. The fourth-order valence-electron chi connectivity index (χ4n) is 2.51. The molecule has 0 saturated carbocycles. The molecule has 1 heterocycles. The molecule has 0 atom stereocenters. The van der Waals surface area contributed by atoms with Crippen molar-refractivity contribution in [3.8, 4) is 17.2 Å². The van der Waals surface area contributed by atoms with E-state index in [0.717, 1.165) is 15.8 Å². The Bertz CT molecular complexity index is 849. The summed E-state index contributed by atoms with van der Waals surface area (Å²) in [5, 5.41) is 3.42. The second-order valence-corrected chi connectivity index (χ2v) is 6.28. The van der Waals surface area contributed by atoms with Crippen molar-refractivity contribution in [3.63, 3.8) is 0 Å². The van der Waals surface area contributed by atoms with Gasteiger partial charge in [0.2, 0.25) is 11.7 Å². The number of carbonyl (C=O) groups is 1. The number of anilines is 1. The Hall–Kier alpha value is -2.80. The Labute approximate surface area is 149 Å². The minimum absolute atomic E-state index is 0.159. The van der Waals surface area contributed by atoms with Crippen LogP contribution in [0.2, 0.25) is 0 Å². The quantitative estimate of drug-likeness (QED) is 0.730. The van der Waals surface area contributed by atoms with Gasteiger partial charge in [-0.1, -0.05) is 23.5 Å². The van der Waals surface area contributed by atoms with E-state index in [2.05, 4.69) is 10.3 Å². The molecule has 0 spiro atoms. The molecule has 0 saturated heterocycles. The number of aromatic nitrogens is 1. The van der Waals surface area contributed by atoms with Crippen LogP contribution in [0.1, 0.15) is 5.56 Å². The first-order chi connectivity index (χ1) is 12.1. The van der Waals surface area contributed by atoms with Crippen LogP contribution in [0, 0.1) is 0 Å². The lowest BCUT2D eigenvalue weighted by molar-refractivity contribution is -0.115. The normalized spacial score (nSPS) is 10.5. The lowest BCUT2D eigenvalue weighted by Crippen LogP contribution is -2.14. The molecule has 1 amide bonds. The lowest BCUT2D eigenvalue weighted by Gasteiger charge is -2.13. The molecule has 3 rings (SSSR count). The van der Waals surface area contributed by atoms with Crippen LogP contribution >= 0.6 is 11.3 Å². The van der Waals surface area contributed by atoms with E-state index in [0.29, 0.717) is 22.4 Å². The zero-order valence-corrected chi connectivity index (χ0v) is 15.0. The summed E-state index contributed by atoms with van der Waals surface area (Å²) in [6.07, 6.45) is 0.173. The highest BCUT2D eigenvalue weighted by atomic mass is 32.1. The third kappa shape index (κ3) is 3.66. The highest BCUT2D eigenvalue weighted by molar-refractivity contribution is 7.22. The van der Waals surface area contributed by atoms with Gasteiger partial charge >= 0.3 is 0 Å². The van der Waals surface area contributed by atoms with Gasteiger partial charge in [0, 0.05) is 0 Å². The van der Waals surface area contributed by atoms with Crippen LogP contribution in [0.25, 0.3) is 10.2 Å². The number of thiazole rings is 1. The summed E-state index contributed by atoms with van der Waals surface area (Å²) in [7, 11) is 4.63. The van der Waals surface area contributed by atoms with E-state index >= 15 is 0 Å². The molecule has 7 heteroatoms. The number of rotatable bonds is 6. The van der Waals surface area contributed by atoms with E-state index in [9.17, 15) is 4.79 Å². The monoisotopic (exact) mass is 358 g/mol. The van der Waals surface area contributed by atoms with Crippen LogP contribution in [0.5, 0.6) is 17.2 Å². The number of fused-ring (bicyclic) bond motifs is 1. The average molecular weight is 358 g/mol. The maximum absolute atomic E-state index is 12.4. The van der Waals surface area contributed by atoms with Crippen molar-refractivity contribution >= 4 is 32.6 Å². The van der Waals surface area contributed by atoms with Crippen molar-refractivity contribution in [1.29, 1.82) is 0 Å². The highest BCUT2D eigenvalue weighted by Crippen LogP contribution is 2.38. The molecule has 130 valence electrons. The number of ether oxygens (including phenoxy) is 3. The van der Waals surface area contributed by atoms with Gasteiger partial charge in [0.25, 0.3) is 0 Å². The predicted molar refractivity (Wildman–Crippen MR) is 98.1 cm³/mol. The summed E-state index contributed by atoms with van der Waals surface area (Å²) in [4.78, 5) is 16.8. The number of amides is 1. The smallest absolute Gasteiger partial charge is 0.230 e. The first-order valence-electron chi connectivity index (χ1n) is 7.59. The number of nitrogens with zero attached hydrogens (tertiary/aromatic N) is 1. The van der Waals surface area contributed by atoms with Gasteiger partial charge in [0.05, 0.1) is 38.0 Å². The molecule has 0 bridgehead atoms. The largest absolute Gasteiger partial charge is 0.493 e. The summed E-state index contributed by atoms with van der Waals surface area (Å²) >= 11 is 1.45. The Balaban J connectivity index is 1.78. The van der Waals surface area contributed by atoms with Crippen LogP contribution in [0.3, 0.4) is 0 Å². The van der Waals surface area contributed by atoms with Crippen molar-refractivity contribution in [2.45, 2.75) is 6.42 Å². The molecule has 2 aromatic carbocycles. The van der Waals surface area contributed by atoms with Gasteiger partial charge in [0.15, 0.2) is 16.6 Å². The molecule has 0 unspecified atom stereocenters. The Morgan fingerprint density at radius 2 is 1.76 bits per heavy atom. The summed E-state index contributed by atoms with van der Waals surface area (Å²) in [6.45, 7) is 0. The Morgan fingerprint density at radius 3 is 2.36 bits per heavy atom. The predicted octanol–water partition coefficient (Wildman–Crippen LogP) is 3.50. The molecule has 25 heavy (non-hydrogen) atoms. The highest BCUT2D eigenvalue weighted by Gasteiger charge is 2.15. The second-order valence-electron chi connectivity index (χ2n) is 5.25. The summed E-state index contributed by atoms with van der Waals surface area (Å²) < 4.78 is 16.9. The van der Waals surface area contributed by atoms with Gasteiger partial charge in [-0.05, 0) is 29.8 Å². The number of benzene rings is 2. The zero-order valence-electron chi connectivity index (χ0n) is 14.2. The van der Waals surface area contributed by atoms with E-state index in [1.165, 1.54) is 11.3 Å². The van der Waals surface area contributed by atoms with Gasteiger partial charge in [-0.15, -0.1) is 0 Å². The zero-order chi connectivity index (χ0) is 17.8. The molecule has 0 aliphatic rings. The van der Waals surface area contributed by atoms with Crippen molar-refractivity contribution < 1.29 is 19.0 Å². The summed E-state index contributed by atoms with van der Waals surface area (Å²) in [5.74, 6) is 1.38. The van der Waals surface area contributed by atoms with E-state index in [-0.39, 0.29) is 12.3 Å². The van der Waals surface area contributed by atoms with Crippen LogP contribution in [-0.2, 0) is 11.2 Å². The molecule has 6 nitrogen and oxygen atoms in total. The molecule has 3 aromatic rings. The molecular formula is C18H18N2O4S. The molecular weight excluding hydrogens is 340 g/mol. The summed E-state index contributed by atoms with van der Waals surface area (Å²) in [6, 6.07) is 11.3. The van der Waals surface area contributed by atoms with Crippen molar-refractivity contribution in [1.82, 2.24) is 4.98 Å². The van der Waals surface area contributed by atoms with Crippen LogP contribution in [-0.4, -0.2) is 32.2 Å². The van der Waals surface area contributed by atoms with Crippen LogP contribution < -0.4 is 19.5 Å². The van der Waals surface area contributed by atoms with Gasteiger partial charge in [-0.3, -0.25) is 4.79 Å². The topological polar surface area (TPSA) is 69.7 Å². The minimum Gasteiger partial charge on any atom is -0.493 e. The maximum atomic E-state index is 12.4. The van der Waals surface area contributed by atoms with Gasteiger partial charge in [0.1, 0.15) is 0 Å². The van der Waals surface area contributed by atoms with Crippen LogP contribution in [0.4, 0.5) is 5.13 Å².